The number of fused-ring (bicyclic) bond motifs is 1. The lowest BCUT2D eigenvalue weighted by Gasteiger charge is -2.19. The number of anilines is 4. The van der Waals surface area contributed by atoms with Crippen LogP contribution in [0.25, 0.3) is 0 Å². The molecule has 1 aromatic carbocycles. The van der Waals surface area contributed by atoms with Crippen LogP contribution in [0.2, 0.25) is 0 Å². The van der Waals surface area contributed by atoms with Crippen molar-refractivity contribution >= 4 is 28.8 Å². The topological polar surface area (TPSA) is 111 Å². The number of benzene rings is 1. The van der Waals surface area contributed by atoms with Gasteiger partial charge in [-0.2, -0.15) is 0 Å². The molecule has 1 amide bonds. The van der Waals surface area contributed by atoms with Crippen LogP contribution in [0.5, 0.6) is 0 Å². The highest BCUT2D eigenvalue weighted by molar-refractivity contribution is 6.00. The van der Waals surface area contributed by atoms with E-state index >= 15 is 0 Å². The van der Waals surface area contributed by atoms with E-state index in [0.717, 1.165) is 18.8 Å². The van der Waals surface area contributed by atoms with Crippen LogP contribution >= 0.6 is 0 Å². The first-order valence-electron chi connectivity index (χ1n) is 11.1. The second kappa shape index (κ2) is 9.17. The van der Waals surface area contributed by atoms with Crippen molar-refractivity contribution < 1.29 is 9.90 Å². The average molecular weight is 447 g/mol. The van der Waals surface area contributed by atoms with Crippen LogP contribution in [0.4, 0.5) is 22.9 Å². The molecule has 0 radical (unpaired) electrons. The smallest absolute Gasteiger partial charge is 0.255 e. The summed E-state index contributed by atoms with van der Waals surface area (Å²) in [4.78, 5) is 21.5. The number of pyridine rings is 2. The minimum Gasteiger partial charge on any atom is -0.384 e. The Hall–Kier alpha value is -3.49. The predicted molar refractivity (Wildman–Crippen MR) is 130 cm³/mol. The van der Waals surface area contributed by atoms with Crippen LogP contribution in [0, 0.1) is 0 Å². The zero-order valence-corrected chi connectivity index (χ0v) is 19.4. The van der Waals surface area contributed by atoms with Gasteiger partial charge in [0.1, 0.15) is 11.4 Å². The molecule has 33 heavy (non-hydrogen) atoms. The number of aliphatic hydroxyl groups is 1. The van der Waals surface area contributed by atoms with E-state index in [9.17, 15) is 9.90 Å². The summed E-state index contributed by atoms with van der Waals surface area (Å²) in [6, 6.07) is 11.6. The molecule has 8 heteroatoms. The average Bonchev–Trinajstić information content (AvgIpc) is 3.21. The van der Waals surface area contributed by atoms with Gasteiger partial charge >= 0.3 is 0 Å². The molecular weight excluding hydrogens is 416 g/mol. The zero-order chi connectivity index (χ0) is 23.6. The molecule has 0 unspecified atom stereocenters. The van der Waals surface area contributed by atoms with Gasteiger partial charge in [-0.15, -0.1) is 0 Å². The highest BCUT2D eigenvalue weighted by atomic mass is 16.3. The van der Waals surface area contributed by atoms with Crippen LogP contribution in [0.1, 0.15) is 54.9 Å². The van der Waals surface area contributed by atoms with E-state index in [0.29, 0.717) is 28.5 Å². The van der Waals surface area contributed by atoms with Crippen LogP contribution < -0.4 is 21.3 Å². The van der Waals surface area contributed by atoms with Gasteiger partial charge < -0.3 is 26.4 Å². The van der Waals surface area contributed by atoms with Crippen LogP contribution in [-0.4, -0.2) is 27.0 Å². The molecular formula is C25H30N6O2. The van der Waals surface area contributed by atoms with Gasteiger partial charge in [0.15, 0.2) is 0 Å². The first kappa shape index (κ1) is 22.7. The van der Waals surface area contributed by atoms with E-state index in [-0.39, 0.29) is 11.9 Å². The number of nitrogens with zero attached hydrogens (tertiary/aromatic N) is 2. The van der Waals surface area contributed by atoms with Gasteiger partial charge in [-0.05, 0) is 63.1 Å². The minimum absolute atomic E-state index is 0.00843. The Kier molecular flexibility index (Phi) is 6.31. The molecule has 0 saturated heterocycles. The molecule has 2 aromatic heterocycles. The van der Waals surface area contributed by atoms with Gasteiger partial charge in [0.2, 0.25) is 0 Å². The fourth-order valence-corrected chi connectivity index (χ4v) is 3.67. The first-order chi connectivity index (χ1) is 15.7. The second-order valence-electron chi connectivity index (χ2n) is 9.07. The second-order valence-corrected chi connectivity index (χ2v) is 9.07. The van der Waals surface area contributed by atoms with Crippen LogP contribution in [-0.2, 0) is 18.7 Å². The third-order valence-corrected chi connectivity index (χ3v) is 5.34. The molecule has 5 N–H and O–H groups in total. The number of rotatable bonds is 7. The normalized spacial score (nSPS) is 13.0. The number of aromatic nitrogens is 2. The van der Waals surface area contributed by atoms with E-state index in [1.807, 2.05) is 26.0 Å². The highest BCUT2D eigenvalue weighted by Crippen LogP contribution is 2.28. The van der Waals surface area contributed by atoms with Crippen molar-refractivity contribution in [3.05, 3.63) is 71.2 Å². The summed E-state index contributed by atoms with van der Waals surface area (Å²) in [6.07, 6.45) is 3.19. The molecule has 3 heterocycles. The largest absolute Gasteiger partial charge is 0.384 e. The van der Waals surface area contributed by atoms with Crippen molar-refractivity contribution in [3.63, 3.8) is 0 Å². The number of carbonyl (C=O) groups is 1. The Morgan fingerprint density at radius 1 is 1.03 bits per heavy atom. The summed E-state index contributed by atoms with van der Waals surface area (Å²) >= 11 is 0. The number of hydrogen-bond donors (Lipinski definition) is 5. The van der Waals surface area contributed by atoms with E-state index in [2.05, 4.69) is 43.4 Å². The molecule has 0 fully saturated rings. The highest BCUT2D eigenvalue weighted by Gasteiger charge is 2.19. The van der Waals surface area contributed by atoms with Crippen LogP contribution in [0.15, 0.2) is 48.8 Å². The summed E-state index contributed by atoms with van der Waals surface area (Å²) in [5, 5.41) is 23.2. The Bertz CT molecular complexity index is 1170. The van der Waals surface area contributed by atoms with Gasteiger partial charge in [0.05, 0.1) is 16.9 Å². The maximum Gasteiger partial charge on any atom is 0.255 e. The quantitative estimate of drug-likeness (QED) is 0.374. The minimum atomic E-state index is -1.08. The predicted octanol–water partition coefficient (Wildman–Crippen LogP) is 3.93. The van der Waals surface area contributed by atoms with Gasteiger partial charge in [0, 0.05) is 49.0 Å². The molecule has 0 saturated carbocycles. The molecule has 0 atom stereocenters. The van der Waals surface area contributed by atoms with Gasteiger partial charge in [-0.1, -0.05) is 6.07 Å². The van der Waals surface area contributed by atoms with Crippen molar-refractivity contribution in [1.29, 1.82) is 0 Å². The maximum atomic E-state index is 12.8. The van der Waals surface area contributed by atoms with Crippen LogP contribution in [0.3, 0.4) is 0 Å². The van der Waals surface area contributed by atoms with Crippen molar-refractivity contribution in [3.8, 4) is 0 Å². The number of carbonyl (C=O) groups excluding carboxylic acids is 1. The van der Waals surface area contributed by atoms with Gasteiger partial charge in [-0.25, -0.2) is 4.98 Å². The molecule has 1 aliphatic heterocycles. The Labute approximate surface area is 193 Å². The molecule has 8 nitrogen and oxygen atoms in total. The lowest BCUT2D eigenvalue weighted by atomic mass is 10.0. The number of nitrogens with one attached hydrogen (secondary N) is 4. The molecule has 1 aliphatic rings. The summed E-state index contributed by atoms with van der Waals surface area (Å²) in [5.74, 6) is 0.396. The van der Waals surface area contributed by atoms with Crippen molar-refractivity contribution in [1.82, 2.24) is 20.6 Å². The zero-order valence-electron chi connectivity index (χ0n) is 19.4. The molecule has 0 aliphatic carbocycles. The molecule has 3 aromatic rings. The summed E-state index contributed by atoms with van der Waals surface area (Å²) in [7, 11) is 0. The van der Waals surface area contributed by atoms with E-state index in [4.69, 9.17) is 0 Å². The van der Waals surface area contributed by atoms with E-state index in [1.54, 1.807) is 38.4 Å². The van der Waals surface area contributed by atoms with E-state index in [1.165, 1.54) is 11.1 Å². The third kappa shape index (κ3) is 5.47. The first-order valence-corrected chi connectivity index (χ1v) is 11.1. The SMILES string of the molecule is CC(C)NC(=O)c1cnc(Nc2ccc3c(c2)CNC3)cc1Nc1ccnc(C(C)(C)O)c1. The van der Waals surface area contributed by atoms with Crippen molar-refractivity contribution in [2.75, 3.05) is 10.6 Å². The summed E-state index contributed by atoms with van der Waals surface area (Å²) in [6.45, 7) is 8.93. The lowest BCUT2D eigenvalue weighted by Crippen LogP contribution is -2.30. The fourth-order valence-electron chi connectivity index (χ4n) is 3.67. The Balaban J connectivity index is 1.65. The fraction of sp³-hybridized carbons (Fsp3) is 0.320. The Morgan fingerprint density at radius 3 is 2.55 bits per heavy atom. The third-order valence-electron chi connectivity index (χ3n) is 5.34. The molecule has 0 bridgehead atoms. The van der Waals surface area contributed by atoms with Crippen molar-refractivity contribution in [2.45, 2.75) is 52.4 Å². The monoisotopic (exact) mass is 446 g/mol. The Morgan fingerprint density at radius 2 is 1.79 bits per heavy atom. The number of amides is 1. The van der Waals surface area contributed by atoms with Gasteiger partial charge in [0.25, 0.3) is 5.91 Å². The standard InChI is InChI=1S/C25H30N6O2/c1-15(2)29-24(32)20-14-28-23(31-18-6-5-16-12-26-13-17(16)9-18)11-21(20)30-19-7-8-27-22(10-19)25(3,4)33/h5-11,14-15,26,33H,12-13H2,1-4H3,(H,29,32)(H2,27,28,30,31). The summed E-state index contributed by atoms with van der Waals surface area (Å²) < 4.78 is 0. The van der Waals surface area contributed by atoms with E-state index < -0.39 is 5.60 Å². The summed E-state index contributed by atoms with van der Waals surface area (Å²) in [5.41, 5.74) is 4.68. The van der Waals surface area contributed by atoms with Gasteiger partial charge in [-0.3, -0.25) is 9.78 Å². The molecule has 172 valence electrons. The number of hydrogen-bond acceptors (Lipinski definition) is 7. The maximum absolute atomic E-state index is 12.8. The lowest BCUT2D eigenvalue weighted by molar-refractivity contribution is 0.0739. The van der Waals surface area contributed by atoms with Crippen molar-refractivity contribution in [2.24, 2.45) is 0 Å². The molecule has 0 spiro atoms. The molecule has 4 rings (SSSR count).